The summed E-state index contributed by atoms with van der Waals surface area (Å²) < 4.78 is 2.00. The molecule has 26 heavy (non-hydrogen) atoms. The highest BCUT2D eigenvalue weighted by molar-refractivity contribution is 5.97. The Morgan fingerprint density at radius 2 is 1.81 bits per heavy atom. The fourth-order valence-electron chi connectivity index (χ4n) is 3.66. The number of nitrogens with zero attached hydrogens (tertiary/aromatic N) is 4. The molecule has 140 valence electrons. The standard InChI is InChI=1S/C21H30N4O/c1-5-9-17-20(21(26)24-14-12-23(4)13-15-24)18(6-2)25(22-17)19-11-8-7-10-16(19)3/h7-8,10-11H,5-6,9,12-15H2,1-4H3. The van der Waals surface area contributed by atoms with E-state index in [0.29, 0.717) is 0 Å². The molecule has 0 atom stereocenters. The molecule has 0 saturated carbocycles. The minimum atomic E-state index is 0.151. The Morgan fingerprint density at radius 3 is 2.42 bits per heavy atom. The van der Waals surface area contributed by atoms with E-state index in [1.807, 2.05) is 21.7 Å². The summed E-state index contributed by atoms with van der Waals surface area (Å²) in [6.45, 7) is 9.80. The number of aryl methyl sites for hydroxylation is 2. The van der Waals surface area contributed by atoms with Crippen LogP contribution in [-0.2, 0) is 12.8 Å². The fraction of sp³-hybridized carbons (Fsp3) is 0.524. The lowest BCUT2D eigenvalue weighted by atomic mass is 10.1. The van der Waals surface area contributed by atoms with Crippen molar-refractivity contribution in [1.82, 2.24) is 19.6 Å². The molecule has 3 rings (SSSR count). The lowest BCUT2D eigenvalue weighted by Gasteiger charge is -2.32. The largest absolute Gasteiger partial charge is 0.336 e. The summed E-state index contributed by atoms with van der Waals surface area (Å²) in [6.07, 6.45) is 2.61. The van der Waals surface area contributed by atoms with Gasteiger partial charge in [0.25, 0.3) is 5.91 Å². The van der Waals surface area contributed by atoms with Crippen LogP contribution in [0.2, 0.25) is 0 Å². The first-order chi connectivity index (χ1) is 12.6. The van der Waals surface area contributed by atoms with Crippen molar-refractivity contribution in [3.8, 4) is 5.69 Å². The molecular weight excluding hydrogens is 324 g/mol. The van der Waals surface area contributed by atoms with E-state index in [9.17, 15) is 4.79 Å². The van der Waals surface area contributed by atoms with E-state index < -0.39 is 0 Å². The van der Waals surface area contributed by atoms with Crippen LogP contribution in [0.25, 0.3) is 5.69 Å². The van der Waals surface area contributed by atoms with Crippen molar-refractivity contribution >= 4 is 5.91 Å². The molecule has 1 aliphatic heterocycles. The Labute approximate surface area is 156 Å². The third-order valence-corrected chi connectivity index (χ3v) is 5.22. The van der Waals surface area contributed by atoms with Gasteiger partial charge in [-0.1, -0.05) is 38.5 Å². The Bertz CT molecular complexity index is 772. The molecule has 2 heterocycles. The van der Waals surface area contributed by atoms with Crippen LogP contribution in [0.1, 0.15) is 47.6 Å². The molecule has 0 radical (unpaired) electrons. The molecule has 1 amide bonds. The predicted octanol–water partition coefficient (Wildman–Crippen LogP) is 3.08. The molecule has 1 aliphatic rings. The van der Waals surface area contributed by atoms with Crippen LogP contribution in [0.4, 0.5) is 0 Å². The number of piperazine rings is 1. The topological polar surface area (TPSA) is 41.4 Å². The summed E-state index contributed by atoms with van der Waals surface area (Å²) in [5.41, 5.74) is 5.05. The van der Waals surface area contributed by atoms with E-state index in [2.05, 4.69) is 44.9 Å². The second kappa shape index (κ2) is 8.04. The normalized spacial score (nSPS) is 15.5. The van der Waals surface area contributed by atoms with Gasteiger partial charge in [-0.3, -0.25) is 4.79 Å². The number of para-hydroxylation sites is 1. The number of hydrogen-bond donors (Lipinski definition) is 0. The summed E-state index contributed by atoms with van der Waals surface area (Å²) in [4.78, 5) is 17.6. The Kier molecular flexibility index (Phi) is 5.77. The summed E-state index contributed by atoms with van der Waals surface area (Å²) in [5.74, 6) is 0.151. The first kappa shape index (κ1) is 18.6. The maximum atomic E-state index is 13.4. The van der Waals surface area contributed by atoms with Crippen molar-refractivity contribution in [1.29, 1.82) is 0 Å². The van der Waals surface area contributed by atoms with Gasteiger partial charge in [0, 0.05) is 26.2 Å². The van der Waals surface area contributed by atoms with Crippen molar-refractivity contribution in [2.24, 2.45) is 0 Å². The Hall–Kier alpha value is -2.14. The number of benzene rings is 1. The zero-order valence-corrected chi connectivity index (χ0v) is 16.5. The first-order valence-electron chi connectivity index (χ1n) is 9.71. The van der Waals surface area contributed by atoms with Crippen molar-refractivity contribution < 1.29 is 4.79 Å². The van der Waals surface area contributed by atoms with Gasteiger partial charge in [-0.15, -0.1) is 0 Å². The van der Waals surface area contributed by atoms with Crippen LogP contribution in [0, 0.1) is 6.92 Å². The number of aromatic nitrogens is 2. The minimum Gasteiger partial charge on any atom is -0.336 e. The molecule has 1 aromatic carbocycles. The van der Waals surface area contributed by atoms with Crippen molar-refractivity contribution in [2.75, 3.05) is 33.2 Å². The molecule has 0 unspecified atom stereocenters. The number of likely N-dealkylation sites (N-methyl/N-ethyl adjacent to an activating group) is 1. The second-order valence-corrected chi connectivity index (χ2v) is 7.17. The van der Waals surface area contributed by atoms with Gasteiger partial charge in [0.2, 0.25) is 0 Å². The summed E-state index contributed by atoms with van der Waals surface area (Å²) in [7, 11) is 2.11. The number of carbonyl (C=O) groups excluding carboxylic acids is 1. The second-order valence-electron chi connectivity index (χ2n) is 7.17. The van der Waals surface area contributed by atoms with Crippen LogP contribution in [0.5, 0.6) is 0 Å². The number of hydrogen-bond acceptors (Lipinski definition) is 3. The maximum absolute atomic E-state index is 13.4. The minimum absolute atomic E-state index is 0.151. The highest BCUT2D eigenvalue weighted by Gasteiger charge is 2.28. The number of amides is 1. The predicted molar refractivity (Wildman–Crippen MR) is 105 cm³/mol. The smallest absolute Gasteiger partial charge is 0.257 e. The van der Waals surface area contributed by atoms with Crippen LogP contribution < -0.4 is 0 Å². The van der Waals surface area contributed by atoms with Crippen LogP contribution in [-0.4, -0.2) is 58.7 Å². The van der Waals surface area contributed by atoms with Crippen molar-refractivity contribution in [2.45, 2.75) is 40.0 Å². The van der Waals surface area contributed by atoms with Crippen LogP contribution >= 0.6 is 0 Å². The highest BCUT2D eigenvalue weighted by atomic mass is 16.2. The zero-order valence-electron chi connectivity index (χ0n) is 16.5. The summed E-state index contributed by atoms with van der Waals surface area (Å²) in [6, 6.07) is 8.25. The first-order valence-corrected chi connectivity index (χ1v) is 9.71. The fourth-order valence-corrected chi connectivity index (χ4v) is 3.66. The lowest BCUT2D eigenvalue weighted by Crippen LogP contribution is -2.47. The van der Waals surface area contributed by atoms with Gasteiger partial charge in [0.15, 0.2) is 0 Å². The monoisotopic (exact) mass is 354 g/mol. The van der Waals surface area contributed by atoms with Crippen molar-refractivity contribution in [3.63, 3.8) is 0 Å². The molecule has 0 spiro atoms. The van der Waals surface area contributed by atoms with E-state index in [-0.39, 0.29) is 5.91 Å². The van der Waals surface area contributed by atoms with Gasteiger partial charge in [-0.25, -0.2) is 4.68 Å². The van der Waals surface area contributed by atoms with Crippen LogP contribution in [0.3, 0.4) is 0 Å². The molecule has 1 aromatic heterocycles. The highest BCUT2D eigenvalue weighted by Crippen LogP contribution is 2.24. The van der Waals surface area contributed by atoms with Gasteiger partial charge in [0.05, 0.1) is 22.6 Å². The quantitative estimate of drug-likeness (QED) is 0.829. The van der Waals surface area contributed by atoms with E-state index in [4.69, 9.17) is 5.10 Å². The van der Waals surface area contributed by atoms with Gasteiger partial charge >= 0.3 is 0 Å². The lowest BCUT2D eigenvalue weighted by molar-refractivity contribution is 0.0662. The molecule has 0 N–H and O–H groups in total. The Morgan fingerprint density at radius 1 is 1.12 bits per heavy atom. The average Bonchev–Trinajstić information content (AvgIpc) is 3.00. The van der Waals surface area contributed by atoms with E-state index in [1.165, 1.54) is 5.56 Å². The summed E-state index contributed by atoms with van der Waals surface area (Å²) in [5, 5.41) is 4.89. The van der Waals surface area contributed by atoms with Gasteiger partial charge in [-0.05, 0) is 38.4 Å². The third-order valence-electron chi connectivity index (χ3n) is 5.22. The van der Waals surface area contributed by atoms with Gasteiger partial charge in [-0.2, -0.15) is 5.10 Å². The molecule has 5 heteroatoms. The zero-order chi connectivity index (χ0) is 18.7. The average molecular weight is 354 g/mol. The van der Waals surface area contributed by atoms with Gasteiger partial charge < -0.3 is 9.80 Å². The third kappa shape index (κ3) is 3.54. The van der Waals surface area contributed by atoms with E-state index in [1.54, 1.807) is 0 Å². The summed E-state index contributed by atoms with van der Waals surface area (Å²) >= 11 is 0. The number of carbonyl (C=O) groups is 1. The SMILES string of the molecule is CCCc1nn(-c2ccccc2C)c(CC)c1C(=O)N1CCN(C)CC1. The molecule has 0 aliphatic carbocycles. The van der Waals surface area contributed by atoms with Crippen LogP contribution in [0.15, 0.2) is 24.3 Å². The van der Waals surface area contributed by atoms with Crippen molar-refractivity contribution in [3.05, 3.63) is 46.8 Å². The molecule has 0 bridgehead atoms. The molecule has 1 fully saturated rings. The van der Waals surface area contributed by atoms with Gasteiger partial charge in [0.1, 0.15) is 0 Å². The molecule has 2 aromatic rings. The maximum Gasteiger partial charge on any atom is 0.257 e. The Balaban J connectivity index is 2.06. The molecule has 5 nitrogen and oxygen atoms in total. The van der Waals surface area contributed by atoms with E-state index in [0.717, 1.165) is 68.1 Å². The molecular formula is C21H30N4O. The van der Waals surface area contributed by atoms with E-state index >= 15 is 0 Å². The molecule has 1 saturated heterocycles. The number of rotatable bonds is 5.